The Morgan fingerprint density at radius 1 is 1.12 bits per heavy atom. The number of amides is 1. The second-order valence-electron chi connectivity index (χ2n) is 4.93. The lowest BCUT2D eigenvalue weighted by molar-refractivity contribution is -0.385. The van der Waals surface area contributed by atoms with Crippen molar-refractivity contribution < 1.29 is 22.3 Å². The lowest BCUT2D eigenvalue weighted by Gasteiger charge is -2.23. The van der Waals surface area contributed by atoms with E-state index in [0.717, 1.165) is 25.2 Å². The number of nitrogens with zero attached hydrogens (tertiary/aromatic N) is 2. The van der Waals surface area contributed by atoms with Crippen molar-refractivity contribution in [1.82, 2.24) is 4.31 Å². The molecule has 0 radical (unpaired) electrons. The normalized spacial score (nSPS) is 19.0. The molecule has 2 aromatic rings. The summed E-state index contributed by atoms with van der Waals surface area (Å²) in [6.07, 6.45) is 0. The number of rotatable bonds is 1. The lowest BCUT2D eigenvalue weighted by Crippen LogP contribution is -2.35. The number of benzene rings is 2. The second-order valence-corrected chi connectivity index (χ2v) is 8.29. The third-order valence-electron chi connectivity index (χ3n) is 3.58. The Kier molecular flexibility index (Phi) is 3.73. The number of fused-ring (bicyclic) bond motifs is 2. The highest BCUT2D eigenvalue weighted by atomic mass is 32.2. The first-order valence-corrected chi connectivity index (χ1v) is 9.16. The average Bonchev–Trinajstić information content (AvgIpc) is 2.58. The molecule has 0 bridgehead atoms. The van der Waals surface area contributed by atoms with E-state index in [1.165, 1.54) is 18.2 Å². The molecule has 1 amide bonds. The van der Waals surface area contributed by atoms with Gasteiger partial charge in [0.25, 0.3) is 21.6 Å². The van der Waals surface area contributed by atoms with E-state index in [2.05, 4.69) is 0 Å². The topological polar surface area (TPSA) is 115 Å². The van der Waals surface area contributed by atoms with Crippen LogP contribution in [0.15, 0.2) is 57.2 Å². The van der Waals surface area contributed by atoms with Crippen LogP contribution in [0.5, 0.6) is 0 Å². The molecule has 2 aromatic carbocycles. The zero-order valence-corrected chi connectivity index (χ0v) is 13.8. The van der Waals surface area contributed by atoms with E-state index in [9.17, 15) is 27.5 Å². The number of carbonyl (C=O) groups is 1. The van der Waals surface area contributed by atoms with Crippen LogP contribution in [0.2, 0.25) is 0 Å². The van der Waals surface area contributed by atoms with Crippen LogP contribution in [0.3, 0.4) is 0 Å². The minimum atomic E-state index is -4.28. The SMILES string of the molecule is CN1C(=O)c2ccccc2[S@](=O)c2cc([N+](=O)[O-])ccc2S1(=O)=O. The molecule has 0 fully saturated rings. The van der Waals surface area contributed by atoms with Crippen molar-refractivity contribution in [3.05, 3.63) is 58.1 Å². The molecular formula is C14H10N2O6S2. The highest BCUT2D eigenvalue weighted by molar-refractivity contribution is 7.91. The summed E-state index contributed by atoms with van der Waals surface area (Å²) in [6, 6.07) is 8.82. The van der Waals surface area contributed by atoms with Gasteiger partial charge in [0.15, 0.2) is 0 Å². The average molecular weight is 366 g/mol. The summed E-state index contributed by atoms with van der Waals surface area (Å²) in [4.78, 5) is 22.2. The highest BCUT2D eigenvalue weighted by Crippen LogP contribution is 2.33. The first-order chi connectivity index (χ1) is 11.2. The minimum absolute atomic E-state index is 0.0286. The van der Waals surface area contributed by atoms with Gasteiger partial charge < -0.3 is 0 Å². The quantitative estimate of drug-likeness (QED) is 0.558. The van der Waals surface area contributed by atoms with Crippen LogP contribution >= 0.6 is 0 Å². The van der Waals surface area contributed by atoms with Gasteiger partial charge in [-0.1, -0.05) is 12.1 Å². The summed E-state index contributed by atoms with van der Waals surface area (Å²) in [7, 11) is -5.25. The van der Waals surface area contributed by atoms with E-state index in [4.69, 9.17) is 0 Å². The Balaban J connectivity index is 2.41. The summed E-state index contributed by atoms with van der Waals surface area (Å²) in [5, 5.41) is 11.0. The zero-order valence-electron chi connectivity index (χ0n) is 12.2. The van der Waals surface area contributed by atoms with Gasteiger partial charge in [-0.3, -0.25) is 14.9 Å². The first kappa shape index (κ1) is 16.3. The molecule has 0 saturated carbocycles. The summed E-state index contributed by atoms with van der Waals surface area (Å²) in [6.45, 7) is 0. The van der Waals surface area contributed by atoms with Crippen molar-refractivity contribution in [2.24, 2.45) is 0 Å². The largest absolute Gasteiger partial charge is 0.270 e. The van der Waals surface area contributed by atoms with Gasteiger partial charge in [0.05, 0.1) is 31.1 Å². The number of nitro benzene ring substituents is 1. The van der Waals surface area contributed by atoms with E-state index >= 15 is 0 Å². The van der Waals surface area contributed by atoms with E-state index < -0.39 is 36.5 Å². The standard InChI is InChI=1S/C14H10N2O6S2/c1-15-14(17)10-4-2-3-5-11(10)23(20)12-8-9(16(18)19)6-7-13(12)24(15,21)22/h2-8H,1H3/t23-/m0/s1. The van der Waals surface area contributed by atoms with Crippen LogP contribution in [0.25, 0.3) is 0 Å². The molecular weight excluding hydrogens is 356 g/mol. The van der Waals surface area contributed by atoms with Crippen LogP contribution < -0.4 is 0 Å². The number of carbonyl (C=O) groups excluding carboxylic acids is 1. The third kappa shape index (κ3) is 2.31. The Morgan fingerprint density at radius 3 is 2.46 bits per heavy atom. The fourth-order valence-electron chi connectivity index (χ4n) is 2.32. The molecule has 1 atom stereocenters. The van der Waals surface area contributed by atoms with Crippen LogP contribution in [-0.2, 0) is 20.8 Å². The van der Waals surface area contributed by atoms with E-state index in [1.54, 1.807) is 6.07 Å². The number of nitro groups is 1. The third-order valence-corrected chi connectivity index (χ3v) is 7.00. The molecule has 0 saturated heterocycles. The van der Waals surface area contributed by atoms with Crippen LogP contribution in [0.1, 0.15) is 10.4 Å². The molecule has 1 aliphatic heterocycles. The molecule has 8 nitrogen and oxygen atoms in total. The van der Waals surface area contributed by atoms with Crippen molar-refractivity contribution in [2.75, 3.05) is 7.05 Å². The van der Waals surface area contributed by atoms with Gasteiger partial charge >= 0.3 is 0 Å². The number of sulfonamides is 1. The maximum absolute atomic E-state index is 12.8. The number of non-ortho nitro benzene ring substituents is 1. The number of hydrogen-bond donors (Lipinski definition) is 0. The predicted molar refractivity (Wildman–Crippen MR) is 83.5 cm³/mol. The van der Waals surface area contributed by atoms with Gasteiger partial charge in [0.1, 0.15) is 4.90 Å². The summed E-state index contributed by atoms with van der Waals surface area (Å²) >= 11 is 0. The smallest absolute Gasteiger partial charge is 0.268 e. The highest BCUT2D eigenvalue weighted by Gasteiger charge is 2.36. The molecule has 1 aliphatic rings. The summed E-state index contributed by atoms with van der Waals surface area (Å²) < 4.78 is 38.6. The Labute approximate surface area is 139 Å². The number of hydrogen-bond acceptors (Lipinski definition) is 6. The Bertz CT molecular complexity index is 1020. The van der Waals surface area contributed by atoms with Gasteiger partial charge in [0.2, 0.25) is 0 Å². The fraction of sp³-hybridized carbons (Fsp3) is 0.0714. The molecule has 10 heteroatoms. The van der Waals surface area contributed by atoms with Crippen LogP contribution in [0.4, 0.5) is 5.69 Å². The van der Waals surface area contributed by atoms with Gasteiger partial charge in [-0.05, 0) is 18.2 Å². The zero-order chi connectivity index (χ0) is 17.6. The molecule has 0 N–H and O–H groups in total. The van der Waals surface area contributed by atoms with E-state index in [1.807, 2.05) is 0 Å². The second kappa shape index (κ2) is 5.49. The van der Waals surface area contributed by atoms with Gasteiger partial charge in [0, 0.05) is 19.2 Å². The molecule has 0 unspecified atom stereocenters. The molecule has 0 aromatic heterocycles. The molecule has 24 heavy (non-hydrogen) atoms. The lowest BCUT2D eigenvalue weighted by atomic mass is 10.2. The van der Waals surface area contributed by atoms with Crippen molar-refractivity contribution in [1.29, 1.82) is 0 Å². The van der Waals surface area contributed by atoms with Gasteiger partial charge in [-0.2, -0.15) is 0 Å². The minimum Gasteiger partial charge on any atom is -0.268 e. The Hall–Kier alpha value is -2.59. The van der Waals surface area contributed by atoms with Crippen molar-refractivity contribution in [3.8, 4) is 0 Å². The molecule has 0 aliphatic carbocycles. The molecule has 1 heterocycles. The monoisotopic (exact) mass is 366 g/mol. The first-order valence-electron chi connectivity index (χ1n) is 6.57. The van der Waals surface area contributed by atoms with E-state index in [0.29, 0.717) is 4.31 Å². The summed E-state index contributed by atoms with van der Waals surface area (Å²) in [5.41, 5.74) is -0.414. The maximum Gasteiger partial charge on any atom is 0.270 e. The van der Waals surface area contributed by atoms with Crippen molar-refractivity contribution in [3.63, 3.8) is 0 Å². The van der Waals surface area contributed by atoms with Crippen LogP contribution in [-0.4, -0.2) is 34.8 Å². The maximum atomic E-state index is 12.8. The molecule has 3 rings (SSSR count). The Morgan fingerprint density at radius 2 is 1.79 bits per heavy atom. The fourth-order valence-corrected chi connectivity index (χ4v) is 5.30. The van der Waals surface area contributed by atoms with Gasteiger partial charge in [-0.25, -0.2) is 16.9 Å². The summed E-state index contributed by atoms with van der Waals surface area (Å²) in [5.74, 6) is -0.817. The van der Waals surface area contributed by atoms with Crippen molar-refractivity contribution in [2.45, 2.75) is 14.7 Å². The van der Waals surface area contributed by atoms with Crippen molar-refractivity contribution >= 4 is 32.4 Å². The molecule has 0 spiro atoms. The van der Waals surface area contributed by atoms with Gasteiger partial charge in [-0.15, -0.1) is 0 Å². The van der Waals surface area contributed by atoms with E-state index in [-0.39, 0.29) is 21.0 Å². The van der Waals surface area contributed by atoms with Crippen LogP contribution in [0, 0.1) is 10.1 Å². The predicted octanol–water partition coefficient (Wildman–Crippen LogP) is 1.54. The molecule has 124 valence electrons.